The molecule has 0 aliphatic carbocycles. The van der Waals surface area contributed by atoms with Gasteiger partial charge in [-0.15, -0.1) is 11.6 Å². The summed E-state index contributed by atoms with van der Waals surface area (Å²) in [5.74, 6) is 1.32. The molecule has 0 aliphatic heterocycles. The number of imidazole rings is 1. The fraction of sp³-hybridized carbons (Fsp3) is 0.500. The van der Waals surface area contributed by atoms with Gasteiger partial charge in [-0.3, -0.25) is 0 Å². The second kappa shape index (κ2) is 5.94. The third-order valence-corrected chi connectivity index (χ3v) is 3.82. The van der Waals surface area contributed by atoms with Gasteiger partial charge in [0.05, 0.1) is 16.4 Å². The third kappa shape index (κ3) is 2.50. The molecule has 0 bridgehead atoms. The van der Waals surface area contributed by atoms with Crippen molar-refractivity contribution in [3.05, 3.63) is 29.0 Å². The SMILES string of the molecule is CCCCC(C)n1c(CCl)nc2c(Cl)cccc21. The molecule has 1 unspecified atom stereocenters. The molecule has 0 radical (unpaired) electrons. The first-order valence-corrected chi connectivity index (χ1v) is 7.31. The van der Waals surface area contributed by atoms with Crippen LogP contribution in [0.25, 0.3) is 11.0 Å². The lowest BCUT2D eigenvalue weighted by atomic mass is 10.1. The molecule has 1 aromatic carbocycles. The summed E-state index contributed by atoms with van der Waals surface area (Å²) in [5.41, 5.74) is 1.94. The highest BCUT2D eigenvalue weighted by molar-refractivity contribution is 6.35. The van der Waals surface area contributed by atoms with E-state index in [1.165, 1.54) is 12.8 Å². The van der Waals surface area contributed by atoms with Crippen molar-refractivity contribution in [2.24, 2.45) is 0 Å². The number of nitrogens with zero attached hydrogens (tertiary/aromatic N) is 2. The fourth-order valence-electron chi connectivity index (χ4n) is 2.35. The van der Waals surface area contributed by atoms with E-state index in [1.807, 2.05) is 12.1 Å². The Hall–Kier alpha value is -0.730. The first kappa shape index (κ1) is 13.7. The second-order valence-corrected chi connectivity index (χ2v) is 5.30. The lowest BCUT2D eigenvalue weighted by molar-refractivity contribution is 0.485. The molecule has 0 spiro atoms. The highest BCUT2D eigenvalue weighted by Crippen LogP contribution is 2.29. The van der Waals surface area contributed by atoms with E-state index in [2.05, 4.69) is 29.5 Å². The Bertz CT molecular complexity index is 534. The molecule has 0 N–H and O–H groups in total. The summed E-state index contributed by atoms with van der Waals surface area (Å²) in [6.07, 6.45) is 3.55. The van der Waals surface area contributed by atoms with Crippen LogP contribution < -0.4 is 0 Å². The van der Waals surface area contributed by atoms with E-state index >= 15 is 0 Å². The van der Waals surface area contributed by atoms with Gasteiger partial charge < -0.3 is 4.57 Å². The second-order valence-electron chi connectivity index (χ2n) is 4.63. The summed E-state index contributed by atoms with van der Waals surface area (Å²) in [4.78, 5) is 4.56. The van der Waals surface area contributed by atoms with Gasteiger partial charge in [0.25, 0.3) is 0 Å². The fourth-order valence-corrected chi connectivity index (χ4v) is 2.75. The number of fused-ring (bicyclic) bond motifs is 1. The van der Waals surface area contributed by atoms with Crippen LogP contribution in [0.3, 0.4) is 0 Å². The Morgan fingerprint density at radius 1 is 1.39 bits per heavy atom. The molecule has 98 valence electrons. The van der Waals surface area contributed by atoms with Crippen molar-refractivity contribution < 1.29 is 0 Å². The lowest BCUT2D eigenvalue weighted by Crippen LogP contribution is -2.08. The minimum atomic E-state index is 0.405. The number of halogens is 2. The number of rotatable bonds is 5. The Morgan fingerprint density at radius 3 is 2.83 bits per heavy atom. The maximum absolute atomic E-state index is 6.19. The quantitative estimate of drug-likeness (QED) is 0.692. The molecule has 1 heterocycles. The summed E-state index contributed by atoms with van der Waals surface area (Å²) < 4.78 is 2.23. The number of hydrogen-bond acceptors (Lipinski definition) is 1. The summed E-state index contributed by atoms with van der Waals surface area (Å²) in [6, 6.07) is 6.30. The van der Waals surface area contributed by atoms with Crippen molar-refractivity contribution in [2.45, 2.75) is 45.0 Å². The van der Waals surface area contributed by atoms with E-state index in [4.69, 9.17) is 23.2 Å². The van der Waals surface area contributed by atoms with Gasteiger partial charge in [0.2, 0.25) is 0 Å². The van der Waals surface area contributed by atoms with Gasteiger partial charge >= 0.3 is 0 Å². The van der Waals surface area contributed by atoms with Crippen LogP contribution in [0, 0.1) is 0 Å². The maximum Gasteiger partial charge on any atom is 0.125 e. The number of alkyl halides is 1. The molecule has 0 aliphatic rings. The molecule has 0 amide bonds. The average molecular weight is 285 g/mol. The van der Waals surface area contributed by atoms with E-state index in [1.54, 1.807) is 0 Å². The molecule has 0 saturated heterocycles. The van der Waals surface area contributed by atoms with Crippen molar-refractivity contribution in [3.8, 4) is 0 Å². The normalized spacial score (nSPS) is 13.1. The smallest absolute Gasteiger partial charge is 0.125 e. The largest absolute Gasteiger partial charge is 0.324 e. The predicted molar refractivity (Wildman–Crippen MR) is 78.5 cm³/mol. The molecule has 4 heteroatoms. The van der Waals surface area contributed by atoms with E-state index in [0.717, 1.165) is 23.3 Å². The average Bonchev–Trinajstić information content (AvgIpc) is 2.76. The van der Waals surface area contributed by atoms with Gasteiger partial charge in [-0.05, 0) is 25.5 Å². The number of hydrogen-bond donors (Lipinski definition) is 0. The minimum Gasteiger partial charge on any atom is -0.324 e. The van der Waals surface area contributed by atoms with Gasteiger partial charge in [0, 0.05) is 6.04 Å². The van der Waals surface area contributed by atoms with Crippen LogP contribution in [0.1, 0.15) is 45.0 Å². The van der Waals surface area contributed by atoms with Crippen molar-refractivity contribution in [1.82, 2.24) is 9.55 Å². The lowest BCUT2D eigenvalue weighted by Gasteiger charge is -2.16. The Morgan fingerprint density at radius 2 is 2.17 bits per heavy atom. The summed E-state index contributed by atoms with van der Waals surface area (Å²) in [6.45, 7) is 4.42. The highest BCUT2D eigenvalue weighted by Gasteiger charge is 2.16. The third-order valence-electron chi connectivity index (χ3n) is 3.28. The van der Waals surface area contributed by atoms with Crippen LogP contribution in [-0.4, -0.2) is 9.55 Å². The van der Waals surface area contributed by atoms with E-state index in [-0.39, 0.29) is 0 Å². The molecule has 2 nitrogen and oxygen atoms in total. The molecule has 0 fully saturated rings. The monoisotopic (exact) mass is 284 g/mol. The molecule has 2 rings (SSSR count). The zero-order valence-electron chi connectivity index (χ0n) is 10.8. The van der Waals surface area contributed by atoms with Crippen LogP contribution >= 0.6 is 23.2 Å². The summed E-state index contributed by atoms with van der Waals surface area (Å²) >= 11 is 12.2. The Labute approximate surface area is 118 Å². The molecular formula is C14H18Cl2N2. The van der Waals surface area contributed by atoms with Crippen LogP contribution in [0.5, 0.6) is 0 Å². The molecule has 1 atom stereocenters. The molecule has 1 aromatic heterocycles. The van der Waals surface area contributed by atoms with Crippen LogP contribution in [0.2, 0.25) is 5.02 Å². The van der Waals surface area contributed by atoms with Crippen molar-refractivity contribution in [3.63, 3.8) is 0 Å². The van der Waals surface area contributed by atoms with Crippen molar-refractivity contribution in [1.29, 1.82) is 0 Å². The predicted octanol–water partition coefficient (Wildman–Crippen LogP) is 5.18. The summed E-state index contributed by atoms with van der Waals surface area (Å²) in [5, 5.41) is 0.695. The highest BCUT2D eigenvalue weighted by atomic mass is 35.5. The van der Waals surface area contributed by atoms with Gasteiger partial charge in [-0.25, -0.2) is 4.98 Å². The van der Waals surface area contributed by atoms with Crippen LogP contribution in [-0.2, 0) is 5.88 Å². The van der Waals surface area contributed by atoms with E-state index in [9.17, 15) is 0 Å². The number of para-hydroxylation sites is 1. The molecule has 0 saturated carbocycles. The molecule has 18 heavy (non-hydrogen) atoms. The van der Waals surface area contributed by atoms with Crippen molar-refractivity contribution in [2.75, 3.05) is 0 Å². The number of aromatic nitrogens is 2. The van der Waals surface area contributed by atoms with Crippen molar-refractivity contribution >= 4 is 34.2 Å². The van der Waals surface area contributed by atoms with Gasteiger partial charge in [-0.2, -0.15) is 0 Å². The molecular weight excluding hydrogens is 267 g/mol. The van der Waals surface area contributed by atoms with Gasteiger partial charge in [0.1, 0.15) is 11.3 Å². The Kier molecular flexibility index (Phi) is 4.52. The summed E-state index contributed by atoms with van der Waals surface area (Å²) in [7, 11) is 0. The Balaban J connectivity index is 2.50. The first-order valence-electron chi connectivity index (χ1n) is 6.40. The molecule has 2 aromatic rings. The zero-order chi connectivity index (χ0) is 13.1. The van der Waals surface area contributed by atoms with Crippen LogP contribution in [0.4, 0.5) is 0 Å². The first-order chi connectivity index (χ1) is 8.69. The standard InChI is InChI=1S/C14H18Cl2N2/c1-3-4-6-10(2)18-12-8-5-7-11(16)14(12)17-13(18)9-15/h5,7-8,10H,3-4,6,9H2,1-2H3. The van der Waals surface area contributed by atoms with Gasteiger partial charge in [0.15, 0.2) is 0 Å². The van der Waals surface area contributed by atoms with Crippen LogP contribution in [0.15, 0.2) is 18.2 Å². The van der Waals surface area contributed by atoms with E-state index in [0.29, 0.717) is 16.9 Å². The van der Waals surface area contributed by atoms with Gasteiger partial charge in [-0.1, -0.05) is 37.4 Å². The minimum absolute atomic E-state index is 0.405. The maximum atomic E-state index is 6.19. The topological polar surface area (TPSA) is 17.8 Å². The zero-order valence-corrected chi connectivity index (χ0v) is 12.3. The number of benzene rings is 1. The number of unbranched alkanes of at least 4 members (excludes halogenated alkanes) is 1. The van der Waals surface area contributed by atoms with E-state index < -0.39 is 0 Å².